The van der Waals surface area contributed by atoms with Gasteiger partial charge in [0.05, 0.1) is 13.0 Å². The molecule has 2 N–H and O–H groups in total. The summed E-state index contributed by atoms with van der Waals surface area (Å²) in [6.07, 6.45) is 4.68. The number of carbonyl (C=O) groups is 1. The van der Waals surface area contributed by atoms with Crippen molar-refractivity contribution in [3.05, 3.63) is 0 Å². The van der Waals surface area contributed by atoms with E-state index in [0.29, 0.717) is 11.8 Å². The van der Waals surface area contributed by atoms with Gasteiger partial charge in [-0.2, -0.15) is 0 Å². The van der Waals surface area contributed by atoms with E-state index in [2.05, 4.69) is 6.92 Å². The third kappa shape index (κ3) is 1.89. The minimum absolute atomic E-state index is 0.0326. The Morgan fingerprint density at radius 3 is 2.73 bits per heavy atom. The molecule has 86 valence electrons. The van der Waals surface area contributed by atoms with E-state index >= 15 is 0 Å². The number of ether oxygens (including phenoxy) is 1. The fraction of sp³-hybridized carbons (Fsp3) is 0.917. The Kier molecular flexibility index (Phi) is 3.01. The maximum Gasteiger partial charge on any atom is 0.310 e. The van der Waals surface area contributed by atoms with Gasteiger partial charge in [0.1, 0.15) is 0 Å². The van der Waals surface area contributed by atoms with Crippen LogP contribution in [-0.2, 0) is 9.53 Å². The smallest absolute Gasteiger partial charge is 0.310 e. The second-order valence-corrected chi connectivity index (χ2v) is 5.28. The van der Waals surface area contributed by atoms with Crippen LogP contribution < -0.4 is 5.73 Å². The first-order valence-electron chi connectivity index (χ1n) is 5.97. The summed E-state index contributed by atoms with van der Waals surface area (Å²) in [5.74, 6) is 1.84. The molecule has 5 unspecified atom stereocenters. The van der Waals surface area contributed by atoms with Crippen molar-refractivity contribution in [1.82, 2.24) is 0 Å². The lowest BCUT2D eigenvalue weighted by Crippen LogP contribution is -2.38. The van der Waals surface area contributed by atoms with E-state index in [4.69, 9.17) is 10.5 Å². The number of hydrogen-bond donors (Lipinski definition) is 1. The van der Waals surface area contributed by atoms with Gasteiger partial charge in [-0.05, 0) is 37.0 Å². The standard InChI is InChI=1S/C12H21NO2/c1-7-3-4-8-6-10(12(14)15-2)11(13)9(8)5-7/h7-11H,3-6,13H2,1-2H3. The largest absolute Gasteiger partial charge is 0.469 e. The lowest BCUT2D eigenvalue weighted by Gasteiger charge is -2.31. The van der Waals surface area contributed by atoms with Crippen LogP contribution >= 0.6 is 0 Å². The van der Waals surface area contributed by atoms with Gasteiger partial charge >= 0.3 is 5.97 Å². The average molecular weight is 211 g/mol. The van der Waals surface area contributed by atoms with E-state index in [-0.39, 0.29) is 17.9 Å². The molecule has 2 saturated carbocycles. The van der Waals surface area contributed by atoms with Crippen LogP contribution in [0.4, 0.5) is 0 Å². The number of nitrogens with two attached hydrogens (primary N) is 1. The topological polar surface area (TPSA) is 52.3 Å². The molecule has 0 aromatic rings. The summed E-state index contributed by atoms with van der Waals surface area (Å²) < 4.78 is 4.82. The van der Waals surface area contributed by atoms with E-state index in [1.165, 1.54) is 26.4 Å². The lowest BCUT2D eigenvalue weighted by molar-refractivity contribution is -0.145. The Morgan fingerprint density at radius 1 is 1.33 bits per heavy atom. The quantitative estimate of drug-likeness (QED) is 0.670. The summed E-state index contributed by atoms with van der Waals surface area (Å²) in [5, 5.41) is 0. The van der Waals surface area contributed by atoms with Crippen LogP contribution in [0.25, 0.3) is 0 Å². The van der Waals surface area contributed by atoms with Crippen molar-refractivity contribution in [3.8, 4) is 0 Å². The van der Waals surface area contributed by atoms with Gasteiger partial charge in [-0.15, -0.1) is 0 Å². The third-order valence-corrected chi connectivity index (χ3v) is 4.33. The van der Waals surface area contributed by atoms with E-state index < -0.39 is 0 Å². The van der Waals surface area contributed by atoms with Gasteiger partial charge in [-0.25, -0.2) is 0 Å². The maximum atomic E-state index is 11.5. The summed E-state index contributed by atoms with van der Waals surface area (Å²) in [4.78, 5) is 11.5. The lowest BCUT2D eigenvalue weighted by atomic mass is 9.75. The molecule has 5 atom stereocenters. The maximum absolute atomic E-state index is 11.5. The van der Waals surface area contributed by atoms with Crippen LogP contribution in [-0.4, -0.2) is 19.1 Å². The van der Waals surface area contributed by atoms with Crippen molar-refractivity contribution in [2.24, 2.45) is 29.4 Å². The van der Waals surface area contributed by atoms with E-state index in [9.17, 15) is 4.79 Å². The summed E-state index contributed by atoms with van der Waals surface area (Å²) >= 11 is 0. The molecule has 0 spiro atoms. The zero-order valence-corrected chi connectivity index (χ0v) is 9.61. The van der Waals surface area contributed by atoms with Crippen LogP contribution in [0.5, 0.6) is 0 Å². The van der Waals surface area contributed by atoms with Crippen LogP contribution in [0.15, 0.2) is 0 Å². The number of rotatable bonds is 1. The summed E-state index contributed by atoms with van der Waals surface area (Å²) in [6, 6.07) is 0.0326. The predicted octanol–water partition coefficient (Wildman–Crippen LogP) is 1.56. The molecular formula is C12H21NO2. The third-order valence-electron chi connectivity index (χ3n) is 4.33. The summed E-state index contributed by atoms with van der Waals surface area (Å²) in [7, 11) is 1.46. The van der Waals surface area contributed by atoms with Gasteiger partial charge in [0.2, 0.25) is 0 Å². The summed E-state index contributed by atoms with van der Waals surface area (Å²) in [6.45, 7) is 2.29. The zero-order chi connectivity index (χ0) is 11.0. The molecule has 0 aromatic carbocycles. The molecule has 15 heavy (non-hydrogen) atoms. The van der Waals surface area contributed by atoms with Gasteiger partial charge in [0.25, 0.3) is 0 Å². The molecule has 0 amide bonds. The second-order valence-electron chi connectivity index (χ2n) is 5.28. The van der Waals surface area contributed by atoms with E-state index in [0.717, 1.165) is 12.3 Å². The highest BCUT2D eigenvalue weighted by Crippen LogP contribution is 2.46. The first-order chi connectivity index (χ1) is 7.13. The second kappa shape index (κ2) is 4.12. The molecule has 0 saturated heterocycles. The highest BCUT2D eigenvalue weighted by atomic mass is 16.5. The normalized spacial score (nSPS) is 44.9. The molecule has 0 radical (unpaired) electrons. The molecular weight excluding hydrogens is 190 g/mol. The van der Waals surface area contributed by atoms with Crippen molar-refractivity contribution in [2.45, 2.75) is 38.6 Å². The number of methoxy groups -OCH3 is 1. The molecule has 0 aromatic heterocycles. The highest BCUT2D eigenvalue weighted by molar-refractivity contribution is 5.73. The number of esters is 1. The van der Waals surface area contributed by atoms with Crippen LogP contribution in [0, 0.1) is 23.7 Å². The minimum Gasteiger partial charge on any atom is -0.469 e. The van der Waals surface area contributed by atoms with Gasteiger partial charge in [-0.1, -0.05) is 13.3 Å². The minimum atomic E-state index is -0.107. The Bertz CT molecular complexity index is 254. The Balaban J connectivity index is 2.06. The van der Waals surface area contributed by atoms with Gasteiger partial charge in [0.15, 0.2) is 0 Å². The van der Waals surface area contributed by atoms with Gasteiger partial charge < -0.3 is 10.5 Å². The Morgan fingerprint density at radius 2 is 2.07 bits per heavy atom. The van der Waals surface area contributed by atoms with Crippen molar-refractivity contribution in [2.75, 3.05) is 7.11 Å². The molecule has 2 aliphatic rings. The fourth-order valence-electron chi connectivity index (χ4n) is 3.44. The molecule has 0 heterocycles. The van der Waals surface area contributed by atoms with Crippen molar-refractivity contribution in [3.63, 3.8) is 0 Å². The monoisotopic (exact) mass is 211 g/mol. The first kappa shape index (κ1) is 10.9. The van der Waals surface area contributed by atoms with E-state index in [1.54, 1.807) is 0 Å². The molecule has 0 aliphatic heterocycles. The highest BCUT2D eigenvalue weighted by Gasteiger charge is 2.46. The SMILES string of the molecule is COC(=O)C1CC2CCC(C)CC2C1N. The Hall–Kier alpha value is -0.570. The zero-order valence-electron chi connectivity index (χ0n) is 9.61. The number of fused-ring (bicyclic) bond motifs is 1. The van der Waals surface area contributed by atoms with Gasteiger partial charge in [-0.3, -0.25) is 4.79 Å². The first-order valence-corrected chi connectivity index (χ1v) is 5.97. The fourth-order valence-corrected chi connectivity index (χ4v) is 3.44. The summed E-state index contributed by atoms with van der Waals surface area (Å²) in [5.41, 5.74) is 6.17. The molecule has 2 aliphatic carbocycles. The average Bonchev–Trinajstić information content (AvgIpc) is 2.55. The van der Waals surface area contributed by atoms with Crippen LogP contribution in [0.1, 0.15) is 32.6 Å². The van der Waals surface area contributed by atoms with Crippen LogP contribution in [0.2, 0.25) is 0 Å². The molecule has 2 fully saturated rings. The van der Waals surface area contributed by atoms with Crippen LogP contribution in [0.3, 0.4) is 0 Å². The number of carbonyl (C=O) groups excluding carboxylic acids is 1. The Labute approximate surface area is 91.4 Å². The molecule has 2 rings (SSSR count). The van der Waals surface area contributed by atoms with Gasteiger partial charge in [0, 0.05) is 6.04 Å². The molecule has 3 heteroatoms. The van der Waals surface area contributed by atoms with E-state index in [1.807, 2.05) is 0 Å². The molecule has 0 bridgehead atoms. The predicted molar refractivity (Wildman–Crippen MR) is 58.1 cm³/mol. The van der Waals surface area contributed by atoms with Crippen molar-refractivity contribution in [1.29, 1.82) is 0 Å². The van der Waals surface area contributed by atoms with Crippen molar-refractivity contribution >= 4 is 5.97 Å². The van der Waals surface area contributed by atoms with Crippen molar-refractivity contribution < 1.29 is 9.53 Å². The molecule has 3 nitrogen and oxygen atoms in total. The number of hydrogen-bond acceptors (Lipinski definition) is 3.